The number of aromatic nitrogens is 3. The van der Waals surface area contributed by atoms with Crippen molar-refractivity contribution in [2.45, 2.75) is 13.8 Å². The smallest absolute Gasteiger partial charge is 0.223 e. The molecule has 0 aliphatic carbocycles. The van der Waals surface area contributed by atoms with Crippen LogP contribution in [0.5, 0.6) is 0 Å². The maximum Gasteiger partial charge on any atom is 0.223 e. The Labute approximate surface area is 109 Å². The molecule has 0 bridgehead atoms. The number of anilines is 2. The molecule has 2 rings (SSSR count). The first kappa shape index (κ1) is 12.4. The van der Waals surface area contributed by atoms with E-state index >= 15 is 0 Å². The van der Waals surface area contributed by atoms with E-state index in [9.17, 15) is 4.79 Å². The molecule has 94 valence electrons. The lowest BCUT2D eigenvalue weighted by Gasteiger charge is -2.00. The second-order valence-corrected chi connectivity index (χ2v) is 4.63. The lowest BCUT2D eigenvalue weighted by molar-refractivity contribution is -0.114. The van der Waals surface area contributed by atoms with Gasteiger partial charge in [-0.25, -0.2) is 15.0 Å². The molecule has 0 aliphatic rings. The zero-order valence-electron chi connectivity index (χ0n) is 10.3. The summed E-state index contributed by atoms with van der Waals surface area (Å²) in [4.78, 5) is 24.6. The van der Waals surface area contributed by atoms with Gasteiger partial charge in [0.05, 0.1) is 16.3 Å². The zero-order chi connectivity index (χ0) is 13.1. The van der Waals surface area contributed by atoms with Gasteiger partial charge in [0.25, 0.3) is 0 Å². The molecule has 2 N–H and O–H groups in total. The minimum atomic E-state index is -0.131. The molecule has 0 aliphatic heterocycles. The molecule has 1 amide bonds. The Morgan fingerprint density at radius 1 is 1.39 bits per heavy atom. The quantitative estimate of drug-likeness (QED) is 0.884. The third-order valence-electron chi connectivity index (χ3n) is 2.19. The molecule has 6 nitrogen and oxygen atoms in total. The van der Waals surface area contributed by atoms with Crippen molar-refractivity contribution in [2.24, 2.45) is 0 Å². The highest BCUT2D eigenvalue weighted by atomic mass is 32.1. The van der Waals surface area contributed by atoms with E-state index in [0.29, 0.717) is 11.1 Å². The van der Waals surface area contributed by atoms with Gasteiger partial charge in [0.2, 0.25) is 11.9 Å². The molecule has 0 aromatic carbocycles. The van der Waals surface area contributed by atoms with Crippen molar-refractivity contribution in [1.29, 1.82) is 0 Å². The Balaban J connectivity index is 2.37. The van der Waals surface area contributed by atoms with Gasteiger partial charge in [-0.15, -0.1) is 0 Å². The Morgan fingerprint density at radius 3 is 2.83 bits per heavy atom. The fourth-order valence-electron chi connectivity index (χ4n) is 1.44. The van der Waals surface area contributed by atoms with E-state index < -0.39 is 0 Å². The van der Waals surface area contributed by atoms with Gasteiger partial charge in [-0.05, 0) is 13.0 Å². The van der Waals surface area contributed by atoms with Crippen LogP contribution in [-0.2, 0) is 4.79 Å². The molecule has 0 spiro atoms. The molecule has 0 unspecified atom stereocenters. The summed E-state index contributed by atoms with van der Waals surface area (Å²) in [7, 11) is 1.77. The molecule has 2 aromatic heterocycles. The molecular weight excluding hydrogens is 250 g/mol. The second kappa shape index (κ2) is 5.09. The van der Waals surface area contributed by atoms with Crippen molar-refractivity contribution >= 4 is 28.3 Å². The fraction of sp³-hybridized carbons (Fsp3) is 0.273. The number of nitrogens with zero attached hydrogens (tertiary/aromatic N) is 3. The van der Waals surface area contributed by atoms with E-state index in [2.05, 4.69) is 25.6 Å². The van der Waals surface area contributed by atoms with Crippen molar-refractivity contribution < 1.29 is 4.79 Å². The largest absolute Gasteiger partial charge is 0.357 e. The van der Waals surface area contributed by atoms with Crippen molar-refractivity contribution in [2.75, 3.05) is 17.7 Å². The van der Waals surface area contributed by atoms with Crippen LogP contribution in [0.2, 0.25) is 0 Å². The summed E-state index contributed by atoms with van der Waals surface area (Å²) in [6.45, 7) is 3.35. The van der Waals surface area contributed by atoms with Gasteiger partial charge >= 0.3 is 0 Å². The number of hydrogen-bond donors (Lipinski definition) is 2. The molecule has 0 saturated carbocycles. The van der Waals surface area contributed by atoms with E-state index in [-0.39, 0.29) is 5.91 Å². The lowest BCUT2D eigenvalue weighted by Crippen LogP contribution is -2.04. The standard InChI is InChI=1S/C11H13N5OS/c1-6-9(18-11(14-6)15-7(2)17)8-4-5-13-10(12-3)16-8/h4-5H,1-3H3,(H,12,13,16)(H,14,15,17). The van der Waals surface area contributed by atoms with Crippen LogP contribution in [0, 0.1) is 6.92 Å². The lowest BCUT2D eigenvalue weighted by atomic mass is 10.3. The molecule has 2 heterocycles. The van der Waals surface area contributed by atoms with Gasteiger partial charge in [-0.1, -0.05) is 11.3 Å². The minimum absolute atomic E-state index is 0.131. The topological polar surface area (TPSA) is 79.8 Å². The highest BCUT2D eigenvalue weighted by molar-refractivity contribution is 7.19. The number of carbonyl (C=O) groups excluding carboxylic acids is 1. The first-order valence-corrected chi connectivity index (χ1v) is 6.18. The van der Waals surface area contributed by atoms with Gasteiger partial charge in [0, 0.05) is 20.2 Å². The van der Waals surface area contributed by atoms with Gasteiger partial charge in [-0.2, -0.15) is 0 Å². The summed E-state index contributed by atoms with van der Waals surface area (Å²) in [6, 6.07) is 1.82. The van der Waals surface area contributed by atoms with Crippen LogP contribution in [0.25, 0.3) is 10.6 Å². The molecule has 0 saturated heterocycles. The van der Waals surface area contributed by atoms with Crippen molar-refractivity contribution in [1.82, 2.24) is 15.0 Å². The first-order chi connectivity index (χ1) is 8.60. The van der Waals surface area contributed by atoms with Crippen LogP contribution in [0.4, 0.5) is 11.1 Å². The van der Waals surface area contributed by atoms with Gasteiger partial charge < -0.3 is 10.6 Å². The second-order valence-electron chi connectivity index (χ2n) is 3.63. The summed E-state index contributed by atoms with van der Waals surface area (Å²) in [5.41, 5.74) is 1.63. The summed E-state index contributed by atoms with van der Waals surface area (Å²) in [5, 5.41) is 6.14. The van der Waals surface area contributed by atoms with E-state index in [1.807, 2.05) is 13.0 Å². The highest BCUT2D eigenvalue weighted by Crippen LogP contribution is 2.31. The first-order valence-electron chi connectivity index (χ1n) is 5.36. The SMILES string of the molecule is CNc1nccc(-c2sc(NC(C)=O)nc2C)n1. The third-order valence-corrected chi connectivity index (χ3v) is 3.29. The van der Waals surface area contributed by atoms with Crippen molar-refractivity contribution in [3.8, 4) is 10.6 Å². The monoisotopic (exact) mass is 263 g/mol. The van der Waals surface area contributed by atoms with Gasteiger partial charge in [0.1, 0.15) is 0 Å². The number of thiazole rings is 1. The number of amides is 1. The zero-order valence-corrected chi connectivity index (χ0v) is 11.1. The van der Waals surface area contributed by atoms with Crippen LogP contribution in [0.1, 0.15) is 12.6 Å². The third kappa shape index (κ3) is 2.62. The average molecular weight is 263 g/mol. The Hall–Kier alpha value is -2.02. The van der Waals surface area contributed by atoms with E-state index in [4.69, 9.17) is 0 Å². The van der Waals surface area contributed by atoms with Crippen LogP contribution >= 0.6 is 11.3 Å². The Bertz CT molecular complexity index is 581. The number of nitrogens with one attached hydrogen (secondary N) is 2. The number of rotatable bonds is 3. The van der Waals surface area contributed by atoms with E-state index in [0.717, 1.165) is 16.3 Å². The molecule has 7 heteroatoms. The molecule has 18 heavy (non-hydrogen) atoms. The summed E-state index contributed by atoms with van der Waals surface area (Å²) >= 11 is 1.40. The predicted molar refractivity (Wildman–Crippen MR) is 71.7 cm³/mol. The van der Waals surface area contributed by atoms with Crippen LogP contribution < -0.4 is 10.6 Å². The average Bonchev–Trinajstić information content (AvgIpc) is 2.69. The number of aryl methyl sites for hydroxylation is 1. The molecule has 0 atom stereocenters. The summed E-state index contributed by atoms with van der Waals surface area (Å²) in [5.74, 6) is 0.426. The maximum absolute atomic E-state index is 11.0. The van der Waals surface area contributed by atoms with Crippen LogP contribution in [0.15, 0.2) is 12.3 Å². The Morgan fingerprint density at radius 2 is 2.17 bits per heavy atom. The molecular formula is C11H13N5OS. The van der Waals surface area contributed by atoms with Crippen LogP contribution in [0.3, 0.4) is 0 Å². The van der Waals surface area contributed by atoms with E-state index in [1.165, 1.54) is 18.3 Å². The predicted octanol–water partition coefficient (Wildman–Crippen LogP) is 1.91. The van der Waals surface area contributed by atoms with Gasteiger partial charge in [-0.3, -0.25) is 4.79 Å². The minimum Gasteiger partial charge on any atom is -0.357 e. The van der Waals surface area contributed by atoms with Crippen molar-refractivity contribution in [3.05, 3.63) is 18.0 Å². The maximum atomic E-state index is 11.0. The summed E-state index contributed by atoms with van der Waals surface area (Å²) < 4.78 is 0. The fourth-order valence-corrected chi connectivity index (χ4v) is 2.43. The summed E-state index contributed by atoms with van der Waals surface area (Å²) in [6.07, 6.45) is 1.69. The molecule has 2 aromatic rings. The molecule has 0 fully saturated rings. The van der Waals surface area contributed by atoms with E-state index in [1.54, 1.807) is 13.2 Å². The van der Waals surface area contributed by atoms with Crippen LogP contribution in [-0.4, -0.2) is 27.9 Å². The normalized spacial score (nSPS) is 10.2. The number of hydrogen-bond acceptors (Lipinski definition) is 6. The highest BCUT2D eigenvalue weighted by Gasteiger charge is 2.12. The molecule has 0 radical (unpaired) electrons. The van der Waals surface area contributed by atoms with Crippen molar-refractivity contribution in [3.63, 3.8) is 0 Å². The Kier molecular flexibility index (Phi) is 3.52. The van der Waals surface area contributed by atoms with Gasteiger partial charge in [0.15, 0.2) is 5.13 Å². The number of carbonyl (C=O) groups is 1.